The van der Waals surface area contributed by atoms with Gasteiger partial charge in [0.25, 0.3) is 0 Å². The van der Waals surface area contributed by atoms with Crippen LogP contribution in [0.3, 0.4) is 0 Å². The van der Waals surface area contributed by atoms with Gasteiger partial charge in [0.15, 0.2) is 0 Å². The monoisotopic (exact) mass is 183 g/mol. The molecule has 3 atom stereocenters. The smallest absolute Gasteiger partial charge is 0.104 e. The van der Waals surface area contributed by atoms with E-state index in [0.717, 1.165) is 12.5 Å². The minimum absolute atomic E-state index is 0.318. The molecule has 76 valence electrons. The van der Waals surface area contributed by atoms with Crippen molar-refractivity contribution >= 4 is 0 Å². The lowest BCUT2D eigenvalue weighted by Gasteiger charge is -2.28. The maximum Gasteiger partial charge on any atom is 0.104 e. The van der Waals surface area contributed by atoms with Gasteiger partial charge in [-0.25, -0.2) is 0 Å². The van der Waals surface area contributed by atoms with Gasteiger partial charge in [-0.15, -0.1) is 0 Å². The van der Waals surface area contributed by atoms with Crippen LogP contribution in [-0.2, 0) is 0 Å². The van der Waals surface area contributed by atoms with Gasteiger partial charge in [-0.05, 0) is 38.6 Å². The van der Waals surface area contributed by atoms with Crippen molar-refractivity contribution in [2.24, 2.45) is 11.8 Å². The van der Waals surface area contributed by atoms with Crippen LogP contribution in [0.15, 0.2) is 12.2 Å². The molecule has 0 fully saturated rings. The Morgan fingerprint density at radius 1 is 1.62 bits per heavy atom. The predicted octanol–water partition coefficient (Wildman–Crippen LogP) is 1.86. The molecule has 0 aliphatic heterocycles. The molecule has 0 spiro atoms. The van der Waals surface area contributed by atoms with E-state index < -0.39 is 0 Å². The molecule has 1 N–H and O–H groups in total. The van der Waals surface area contributed by atoms with Gasteiger partial charge in [-0.1, -0.05) is 19.1 Å². The molecule has 0 saturated carbocycles. The molecule has 2 nitrogen and oxygen atoms in total. The minimum Gasteiger partial charge on any atom is -0.379 e. The molecule has 3 unspecified atom stereocenters. The van der Waals surface area contributed by atoms with Gasteiger partial charge in [0, 0.05) is 6.54 Å². The van der Waals surface area contributed by atoms with Crippen molar-refractivity contribution in [3.05, 3.63) is 12.2 Å². The second-order valence-electron chi connectivity index (χ2n) is 4.31. The second-order valence-corrected chi connectivity index (χ2v) is 4.31. The molecular weight excluding hydrogens is 162 g/mol. The third kappa shape index (κ3) is 3.49. The Bertz CT molecular complexity index is 177. The Balaban J connectivity index is 2.33. The van der Waals surface area contributed by atoms with Gasteiger partial charge >= 0.3 is 0 Å². The third-order valence-corrected chi connectivity index (χ3v) is 2.82. The summed E-state index contributed by atoms with van der Waals surface area (Å²) < 4.78 is 0. The van der Waals surface area contributed by atoms with Gasteiger partial charge < -0.3 is 5.11 Å². The van der Waals surface area contributed by atoms with Gasteiger partial charge in [-0.3, -0.25) is 4.90 Å². The molecule has 1 aliphatic rings. The fraction of sp³-hybridized carbons (Fsp3) is 0.818. The average molecular weight is 183 g/mol. The van der Waals surface area contributed by atoms with Crippen LogP contribution in [0.5, 0.6) is 0 Å². The van der Waals surface area contributed by atoms with E-state index in [9.17, 15) is 5.11 Å². The van der Waals surface area contributed by atoms with Crippen molar-refractivity contribution in [2.45, 2.75) is 32.9 Å². The summed E-state index contributed by atoms with van der Waals surface area (Å²) in [4.78, 5) is 2.01. The van der Waals surface area contributed by atoms with Crippen molar-refractivity contribution < 1.29 is 5.11 Å². The molecular formula is C11H21NO. The van der Waals surface area contributed by atoms with E-state index >= 15 is 0 Å². The fourth-order valence-corrected chi connectivity index (χ4v) is 1.91. The number of rotatable bonds is 3. The lowest BCUT2D eigenvalue weighted by Crippen LogP contribution is -2.34. The van der Waals surface area contributed by atoms with Crippen LogP contribution in [-0.4, -0.2) is 29.8 Å². The summed E-state index contributed by atoms with van der Waals surface area (Å²) >= 11 is 0. The van der Waals surface area contributed by atoms with Gasteiger partial charge in [0.1, 0.15) is 6.23 Å². The Morgan fingerprint density at radius 3 is 2.85 bits per heavy atom. The Hall–Kier alpha value is -0.340. The molecule has 0 aromatic carbocycles. The fourth-order valence-electron chi connectivity index (χ4n) is 1.91. The number of aliphatic hydroxyl groups excluding tert-OH is 1. The van der Waals surface area contributed by atoms with Crippen molar-refractivity contribution in [3.8, 4) is 0 Å². The zero-order valence-corrected chi connectivity index (χ0v) is 8.90. The van der Waals surface area contributed by atoms with Crippen LogP contribution >= 0.6 is 0 Å². The van der Waals surface area contributed by atoms with E-state index in [1.54, 1.807) is 0 Å². The van der Waals surface area contributed by atoms with Crippen LogP contribution in [0, 0.1) is 11.8 Å². The van der Waals surface area contributed by atoms with E-state index in [4.69, 9.17) is 0 Å². The Labute approximate surface area is 81.2 Å². The maximum atomic E-state index is 9.33. The largest absolute Gasteiger partial charge is 0.379 e. The predicted molar refractivity (Wildman–Crippen MR) is 55.3 cm³/mol. The summed E-state index contributed by atoms with van der Waals surface area (Å²) in [5.74, 6) is 1.43. The highest BCUT2D eigenvalue weighted by molar-refractivity contribution is 4.94. The van der Waals surface area contributed by atoms with Crippen molar-refractivity contribution in [1.29, 1.82) is 0 Å². The van der Waals surface area contributed by atoms with Crippen LogP contribution in [0.1, 0.15) is 26.7 Å². The lowest BCUT2D eigenvalue weighted by atomic mass is 9.87. The molecule has 1 aliphatic carbocycles. The summed E-state index contributed by atoms with van der Waals surface area (Å²) in [6.07, 6.45) is 6.67. The van der Waals surface area contributed by atoms with Gasteiger partial charge in [0.05, 0.1) is 0 Å². The molecule has 13 heavy (non-hydrogen) atoms. The molecule has 0 radical (unpaired) electrons. The van der Waals surface area contributed by atoms with E-state index in [2.05, 4.69) is 19.1 Å². The van der Waals surface area contributed by atoms with E-state index in [0.29, 0.717) is 5.92 Å². The standard InChI is InChI=1S/C11H21NO/c1-9-5-4-6-11(7-9)8-12(3)10(2)13/h4-5,9-11,13H,6-8H2,1-3H3. The Morgan fingerprint density at radius 2 is 2.31 bits per heavy atom. The SMILES string of the molecule is CC1C=CCC(CN(C)C(C)O)C1. The van der Waals surface area contributed by atoms with E-state index in [1.807, 2.05) is 18.9 Å². The van der Waals surface area contributed by atoms with Crippen LogP contribution in [0.25, 0.3) is 0 Å². The first-order chi connectivity index (χ1) is 6.09. The average Bonchev–Trinajstić information content (AvgIpc) is 2.04. The summed E-state index contributed by atoms with van der Waals surface area (Å²) in [6.45, 7) is 5.08. The maximum absolute atomic E-state index is 9.33. The zero-order valence-electron chi connectivity index (χ0n) is 8.90. The molecule has 0 bridgehead atoms. The summed E-state index contributed by atoms with van der Waals surface area (Å²) in [6, 6.07) is 0. The highest BCUT2D eigenvalue weighted by atomic mass is 16.3. The first-order valence-electron chi connectivity index (χ1n) is 5.14. The second kappa shape index (κ2) is 4.77. The number of allylic oxidation sites excluding steroid dienone is 2. The minimum atomic E-state index is -0.318. The number of hydrogen-bond donors (Lipinski definition) is 1. The van der Waals surface area contributed by atoms with E-state index in [-0.39, 0.29) is 6.23 Å². The number of nitrogens with zero attached hydrogens (tertiary/aromatic N) is 1. The normalized spacial score (nSPS) is 30.8. The van der Waals surface area contributed by atoms with Crippen LogP contribution < -0.4 is 0 Å². The number of aliphatic hydroxyl groups is 1. The van der Waals surface area contributed by atoms with Crippen molar-refractivity contribution in [2.75, 3.05) is 13.6 Å². The third-order valence-electron chi connectivity index (χ3n) is 2.82. The summed E-state index contributed by atoms with van der Waals surface area (Å²) in [7, 11) is 1.98. The molecule has 0 amide bonds. The van der Waals surface area contributed by atoms with Crippen molar-refractivity contribution in [1.82, 2.24) is 4.90 Å². The quantitative estimate of drug-likeness (QED) is 0.533. The number of hydrogen-bond acceptors (Lipinski definition) is 2. The first-order valence-corrected chi connectivity index (χ1v) is 5.14. The van der Waals surface area contributed by atoms with Crippen LogP contribution in [0.4, 0.5) is 0 Å². The highest BCUT2D eigenvalue weighted by Crippen LogP contribution is 2.23. The van der Waals surface area contributed by atoms with E-state index in [1.165, 1.54) is 12.8 Å². The highest BCUT2D eigenvalue weighted by Gasteiger charge is 2.17. The summed E-state index contributed by atoms with van der Waals surface area (Å²) in [5, 5.41) is 9.33. The molecule has 0 heterocycles. The molecule has 0 aromatic rings. The zero-order chi connectivity index (χ0) is 9.84. The van der Waals surface area contributed by atoms with Crippen LogP contribution in [0.2, 0.25) is 0 Å². The molecule has 1 rings (SSSR count). The molecule has 0 aromatic heterocycles. The van der Waals surface area contributed by atoms with Gasteiger partial charge in [-0.2, -0.15) is 0 Å². The first kappa shape index (κ1) is 10.7. The van der Waals surface area contributed by atoms with Crippen molar-refractivity contribution in [3.63, 3.8) is 0 Å². The Kier molecular flexibility index (Phi) is 3.94. The lowest BCUT2D eigenvalue weighted by molar-refractivity contribution is 0.0258. The topological polar surface area (TPSA) is 23.5 Å². The molecule has 2 heteroatoms. The van der Waals surface area contributed by atoms with Gasteiger partial charge in [0.2, 0.25) is 0 Å². The summed E-state index contributed by atoms with van der Waals surface area (Å²) in [5.41, 5.74) is 0. The molecule has 0 saturated heterocycles.